The van der Waals surface area contributed by atoms with Crippen LogP contribution in [0.4, 0.5) is 0 Å². The first-order valence-electron chi connectivity index (χ1n) is 4.67. The summed E-state index contributed by atoms with van der Waals surface area (Å²) in [4.78, 5) is 0. The lowest BCUT2D eigenvalue weighted by molar-refractivity contribution is 0.637. The van der Waals surface area contributed by atoms with Gasteiger partial charge >= 0.3 is 0 Å². The molecule has 0 saturated carbocycles. The van der Waals surface area contributed by atoms with Gasteiger partial charge in [0.05, 0.1) is 4.20 Å². The predicted molar refractivity (Wildman–Crippen MR) is 64.1 cm³/mol. The second kappa shape index (κ2) is 9.27. The van der Waals surface area contributed by atoms with Gasteiger partial charge in [-0.2, -0.15) is 0 Å². The maximum Gasteiger partial charge on any atom is 0.0672 e. The minimum absolute atomic E-state index is 0.684. The largest absolute Gasteiger partial charge is 0.132 e. The SMILES string of the molecule is CCCCCCC/C=C/C(=S)S. The van der Waals surface area contributed by atoms with E-state index in [-0.39, 0.29) is 0 Å². The fourth-order valence-electron chi connectivity index (χ4n) is 1.05. The van der Waals surface area contributed by atoms with E-state index in [1.807, 2.05) is 6.08 Å². The predicted octanol–water partition coefficient (Wildman–Crippen LogP) is 4.16. The van der Waals surface area contributed by atoms with E-state index in [0.717, 1.165) is 6.42 Å². The first-order valence-corrected chi connectivity index (χ1v) is 5.52. The van der Waals surface area contributed by atoms with E-state index in [9.17, 15) is 0 Å². The second-order valence-corrected chi connectivity index (χ2v) is 4.17. The summed E-state index contributed by atoms with van der Waals surface area (Å²) in [6, 6.07) is 0. The molecule has 0 fully saturated rings. The van der Waals surface area contributed by atoms with E-state index in [1.54, 1.807) is 0 Å². The van der Waals surface area contributed by atoms with Crippen LogP contribution in [0.2, 0.25) is 0 Å². The molecule has 0 aliphatic carbocycles. The van der Waals surface area contributed by atoms with Crippen molar-refractivity contribution in [3.63, 3.8) is 0 Å². The summed E-state index contributed by atoms with van der Waals surface area (Å²) in [6.45, 7) is 2.24. The maximum atomic E-state index is 4.79. The van der Waals surface area contributed by atoms with Gasteiger partial charge in [0.1, 0.15) is 0 Å². The molecule has 0 spiro atoms. The van der Waals surface area contributed by atoms with Gasteiger partial charge in [-0.25, -0.2) is 0 Å². The van der Waals surface area contributed by atoms with Crippen molar-refractivity contribution >= 4 is 29.0 Å². The molecule has 0 aromatic rings. The van der Waals surface area contributed by atoms with Crippen LogP contribution in [-0.2, 0) is 0 Å². The summed E-state index contributed by atoms with van der Waals surface area (Å²) in [6.07, 6.45) is 11.8. The molecule has 0 bridgehead atoms. The van der Waals surface area contributed by atoms with Gasteiger partial charge in [-0.1, -0.05) is 50.9 Å². The van der Waals surface area contributed by atoms with Crippen LogP contribution in [-0.4, -0.2) is 4.20 Å². The third-order valence-electron chi connectivity index (χ3n) is 1.73. The Labute approximate surface area is 86.8 Å². The zero-order valence-electron chi connectivity index (χ0n) is 7.75. The van der Waals surface area contributed by atoms with Gasteiger partial charge in [0, 0.05) is 0 Å². The summed E-state index contributed by atoms with van der Waals surface area (Å²) in [5, 5.41) is 0. The Morgan fingerprint density at radius 2 is 1.92 bits per heavy atom. The summed E-state index contributed by atoms with van der Waals surface area (Å²) in [5.41, 5.74) is 0. The minimum Gasteiger partial charge on any atom is -0.132 e. The van der Waals surface area contributed by atoms with Gasteiger partial charge < -0.3 is 0 Å². The molecule has 0 heterocycles. The first kappa shape index (κ1) is 12.2. The Hall–Kier alpha value is 0.180. The molecule has 0 saturated heterocycles. The Morgan fingerprint density at radius 1 is 1.25 bits per heavy atom. The average Bonchev–Trinajstić information content (AvgIpc) is 2.02. The summed E-state index contributed by atoms with van der Waals surface area (Å²) in [5.74, 6) is 0. The van der Waals surface area contributed by atoms with Crippen molar-refractivity contribution < 1.29 is 0 Å². The normalized spacial score (nSPS) is 10.8. The second-order valence-electron chi connectivity index (χ2n) is 2.94. The number of hydrogen-bond donors (Lipinski definition) is 1. The lowest BCUT2D eigenvalue weighted by Crippen LogP contribution is -1.77. The summed E-state index contributed by atoms with van der Waals surface area (Å²) in [7, 11) is 0. The van der Waals surface area contributed by atoms with Crippen molar-refractivity contribution in [2.24, 2.45) is 0 Å². The van der Waals surface area contributed by atoms with Gasteiger partial charge in [0.15, 0.2) is 0 Å². The van der Waals surface area contributed by atoms with Crippen molar-refractivity contribution in [2.75, 3.05) is 0 Å². The molecule has 0 radical (unpaired) electrons. The van der Waals surface area contributed by atoms with Crippen LogP contribution in [0.5, 0.6) is 0 Å². The van der Waals surface area contributed by atoms with Gasteiger partial charge in [-0.15, -0.1) is 12.6 Å². The molecular formula is C10H18S2. The molecule has 12 heavy (non-hydrogen) atoms. The summed E-state index contributed by atoms with van der Waals surface area (Å²) < 4.78 is 0.684. The molecule has 0 amide bonds. The fraction of sp³-hybridized carbons (Fsp3) is 0.700. The van der Waals surface area contributed by atoms with Crippen LogP contribution in [0, 0.1) is 0 Å². The molecule has 0 aromatic heterocycles. The third-order valence-corrected chi connectivity index (χ3v) is 2.02. The standard InChI is InChI=1S/C10H18S2/c1-2-3-4-5-6-7-8-9-10(11)12/h8-9H,2-7H2,1H3,(H,11,12)/b9-8+. The molecule has 0 aliphatic heterocycles. The molecular weight excluding hydrogens is 184 g/mol. The number of allylic oxidation sites excluding steroid dienone is 1. The zero-order chi connectivity index (χ0) is 9.23. The molecule has 0 aliphatic rings. The topological polar surface area (TPSA) is 0 Å². The highest BCUT2D eigenvalue weighted by Gasteiger charge is 1.86. The number of rotatable bonds is 7. The molecule has 0 N–H and O–H groups in total. The molecule has 2 heteroatoms. The molecule has 70 valence electrons. The third kappa shape index (κ3) is 10.2. The van der Waals surface area contributed by atoms with Gasteiger partial charge in [0.25, 0.3) is 0 Å². The Morgan fingerprint density at radius 3 is 2.50 bits per heavy atom. The molecule has 0 rings (SSSR count). The van der Waals surface area contributed by atoms with E-state index in [0.29, 0.717) is 4.20 Å². The van der Waals surface area contributed by atoms with Crippen LogP contribution < -0.4 is 0 Å². The molecule has 0 unspecified atom stereocenters. The van der Waals surface area contributed by atoms with Gasteiger partial charge in [-0.05, 0) is 18.9 Å². The van der Waals surface area contributed by atoms with Crippen molar-refractivity contribution in [1.29, 1.82) is 0 Å². The Balaban J connectivity index is 3.05. The van der Waals surface area contributed by atoms with Gasteiger partial charge in [0.2, 0.25) is 0 Å². The van der Waals surface area contributed by atoms with E-state index in [1.165, 1.54) is 32.1 Å². The Bertz CT molecular complexity index is 139. The van der Waals surface area contributed by atoms with Crippen LogP contribution >= 0.6 is 24.8 Å². The lowest BCUT2D eigenvalue weighted by atomic mass is 10.1. The zero-order valence-corrected chi connectivity index (χ0v) is 9.46. The van der Waals surface area contributed by atoms with E-state index >= 15 is 0 Å². The molecule has 0 atom stereocenters. The van der Waals surface area contributed by atoms with Crippen LogP contribution in [0.1, 0.15) is 45.4 Å². The number of thiol groups is 1. The smallest absolute Gasteiger partial charge is 0.0672 e. The van der Waals surface area contributed by atoms with Crippen LogP contribution in [0.3, 0.4) is 0 Å². The monoisotopic (exact) mass is 202 g/mol. The van der Waals surface area contributed by atoms with Crippen molar-refractivity contribution in [1.82, 2.24) is 0 Å². The van der Waals surface area contributed by atoms with Crippen molar-refractivity contribution in [3.8, 4) is 0 Å². The van der Waals surface area contributed by atoms with Crippen LogP contribution in [0.15, 0.2) is 12.2 Å². The average molecular weight is 202 g/mol. The maximum absolute atomic E-state index is 4.79. The van der Waals surface area contributed by atoms with Crippen LogP contribution in [0.25, 0.3) is 0 Å². The highest BCUT2D eigenvalue weighted by Crippen LogP contribution is 2.05. The highest BCUT2D eigenvalue weighted by molar-refractivity contribution is 8.11. The number of hydrogen-bond acceptors (Lipinski definition) is 1. The van der Waals surface area contributed by atoms with E-state index in [4.69, 9.17) is 12.2 Å². The van der Waals surface area contributed by atoms with Gasteiger partial charge in [-0.3, -0.25) is 0 Å². The molecule has 0 aromatic carbocycles. The fourth-order valence-corrected chi connectivity index (χ4v) is 1.25. The number of thiocarbonyl (C=S) groups is 1. The lowest BCUT2D eigenvalue weighted by Gasteiger charge is -1.95. The van der Waals surface area contributed by atoms with Crippen molar-refractivity contribution in [3.05, 3.63) is 12.2 Å². The molecule has 0 nitrogen and oxygen atoms in total. The Kier molecular flexibility index (Phi) is 9.41. The van der Waals surface area contributed by atoms with E-state index in [2.05, 4.69) is 25.6 Å². The first-order chi connectivity index (χ1) is 5.77. The van der Waals surface area contributed by atoms with E-state index < -0.39 is 0 Å². The summed E-state index contributed by atoms with van der Waals surface area (Å²) >= 11 is 8.79. The number of unbranched alkanes of at least 4 members (excludes halogenated alkanes) is 5. The quantitative estimate of drug-likeness (QED) is 0.280. The van der Waals surface area contributed by atoms with Crippen molar-refractivity contribution in [2.45, 2.75) is 45.4 Å². The highest BCUT2D eigenvalue weighted by atomic mass is 32.1. The minimum atomic E-state index is 0.684.